The highest BCUT2D eigenvalue weighted by Crippen LogP contribution is 2.29. The van der Waals surface area contributed by atoms with Crippen LogP contribution in [0.15, 0.2) is 48.5 Å². The van der Waals surface area contributed by atoms with Crippen molar-refractivity contribution in [2.45, 2.75) is 9.96 Å². The lowest BCUT2D eigenvalue weighted by Gasteiger charge is -2.27. The van der Waals surface area contributed by atoms with Gasteiger partial charge in [0.2, 0.25) is 3.79 Å². The second-order valence-corrected chi connectivity index (χ2v) is 9.39. The highest BCUT2D eigenvalue weighted by molar-refractivity contribution is 14.1. The largest absolute Gasteiger partial charge is 0.339 e. The Kier molecular flexibility index (Phi) is 8.07. The van der Waals surface area contributed by atoms with Crippen molar-refractivity contribution in [3.05, 3.63) is 67.8 Å². The van der Waals surface area contributed by atoms with Gasteiger partial charge in [-0.2, -0.15) is 0 Å². The van der Waals surface area contributed by atoms with E-state index in [0.717, 1.165) is 3.57 Å². The van der Waals surface area contributed by atoms with Crippen molar-refractivity contribution in [1.82, 2.24) is 10.6 Å². The summed E-state index contributed by atoms with van der Waals surface area (Å²) in [7, 11) is 0. The van der Waals surface area contributed by atoms with Crippen LogP contribution in [-0.4, -0.2) is 25.9 Å². The number of nitro benzene ring substituents is 1. The SMILES string of the molecule is O=C(N[C@@H](NC(=S)Nc1cccc([N+](=O)[O-])c1)C(Cl)(Cl)Cl)c1cccc(I)c1. The number of thiocarbonyl (C=S) groups is 1. The van der Waals surface area contributed by atoms with Gasteiger partial charge in [-0.1, -0.05) is 46.9 Å². The van der Waals surface area contributed by atoms with E-state index in [1.165, 1.54) is 18.2 Å². The monoisotopic (exact) mass is 572 g/mol. The quantitative estimate of drug-likeness (QED) is 0.121. The average molecular weight is 574 g/mol. The lowest BCUT2D eigenvalue weighted by molar-refractivity contribution is -0.384. The topological polar surface area (TPSA) is 96.3 Å². The number of nitro groups is 1. The fourth-order valence-corrected chi connectivity index (χ4v) is 3.15. The summed E-state index contributed by atoms with van der Waals surface area (Å²) in [6.07, 6.45) is -1.17. The molecule has 0 saturated heterocycles. The number of halogens is 4. The van der Waals surface area contributed by atoms with Crippen molar-refractivity contribution in [3.63, 3.8) is 0 Å². The van der Waals surface area contributed by atoms with Gasteiger partial charge in [-0.3, -0.25) is 14.9 Å². The molecule has 0 aliphatic heterocycles. The Labute approximate surface area is 194 Å². The summed E-state index contributed by atoms with van der Waals surface area (Å²) in [6, 6.07) is 12.6. The molecule has 0 aliphatic carbocycles. The predicted octanol–water partition coefficient (Wildman–Crippen LogP) is 4.61. The smallest absolute Gasteiger partial charge is 0.271 e. The van der Waals surface area contributed by atoms with Crippen LogP contribution in [0.1, 0.15) is 10.4 Å². The third-order valence-electron chi connectivity index (χ3n) is 3.28. The summed E-state index contributed by atoms with van der Waals surface area (Å²) in [5.74, 6) is -0.472. The Morgan fingerprint density at radius 3 is 2.43 bits per heavy atom. The van der Waals surface area contributed by atoms with E-state index in [0.29, 0.717) is 11.3 Å². The molecule has 3 N–H and O–H groups in total. The maximum atomic E-state index is 12.4. The summed E-state index contributed by atoms with van der Waals surface area (Å²) in [5.41, 5.74) is 0.627. The standard InChI is InChI=1S/C16H12Cl3IN4O3S/c17-16(18,19)14(22-13(25)9-3-1-4-10(20)7-9)23-15(28)21-11-5-2-6-12(8-11)24(26)27/h1-8,14H,(H,22,25)(H2,21,23,28)/t14-/m0/s1. The summed E-state index contributed by atoms with van der Waals surface area (Å²) in [5, 5.41) is 18.9. The lowest BCUT2D eigenvalue weighted by atomic mass is 10.2. The van der Waals surface area contributed by atoms with Crippen LogP contribution in [0.2, 0.25) is 0 Å². The molecular formula is C16H12Cl3IN4O3S. The Bertz CT molecular complexity index is 911. The van der Waals surface area contributed by atoms with E-state index in [1.807, 2.05) is 6.07 Å². The zero-order valence-corrected chi connectivity index (χ0v) is 19.0. The van der Waals surface area contributed by atoms with Gasteiger partial charge in [0.05, 0.1) is 4.92 Å². The molecule has 0 fully saturated rings. The Morgan fingerprint density at radius 1 is 1.14 bits per heavy atom. The summed E-state index contributed by atoms with van der Waals surface area (Å²) in [6.45, 7) is 0. The van der Waals surface area contributed by atoms with Crippen molar-refractivity contribution >= 4 is 92.0 Å². The number of amides is 1. The van der Waals surface area contributed by atoms with E-state index < -0.39 is 20.8 Å². The van der Waals surface area contributed by atoms with Gasteiger partial charge < -0.3 is 16.0 Å². The number of rotatable bonds is 5. The van der Waals surface area contributed by atoms with Gasteiger partial charge in [0, 0.05) is 27.0 Å². The van der Waals surface area contributed by atoms with Gasteiger partial charge in [0.25, 0.3) is 11.6 Å². The zero-order valence-electron chi connectivity index (χ0n) is 13.8. The zero-order chi connectivity index (χ0) is 20.9. The molecule has 2 rings (SSSR count). The van der Waals surface area contributed by atoms with Crippen LogP contribution in [-0.2, 0) is 0 Å². The Hall–Kier alpha value is -1.40. The Balaban J connectivity index is 2.09. The van der Waals surface area contributed by atoms with E-state index in [4.69, 9.17) is 47.0 Å². The minimum absolute atomic E-state index is 0.000217. The number of benzene rings is 2. The number of nitrogens with zero attached hydrogens (tertiary/aromatic N) is 1. The van der Waals surface area contributed by atoms with E-state index in [9.17, 15) is 14.9 Å². The van der Waals surface area contributed by atoms with Gasteiger partial charge in [0.15, 0.2) is 5.11 Å². The first-order valence-corrected chi connectivity index (χ1v) is 10.1. The fraction of sp³-hybridized carbons (Fsp3) is 0.125. The van der Waals surface area contributed by atoms with Crippen LogP contribution in [0.25, 0.3) is 0 Å². The number of anilines is 1. The molecule has 2 aromatic carbocycles. The van der Waals surface area contributed by atoms with Gasteiger partial charge in [-0.25, -0.2) is 0 Å². The summed E-state index contributed by atoms with van der Waals surface area (Å²) < 4.78 is -1.06. The van der Waals surface area contributed by atoms with Crippen LogP contribution in [0.3, 0.4) is 0 Å². The van der Waals surface area contributed by atoms with Crippen LogP contribution < -0.4 is 16.0 Å². The second kappa shape index (κ2) is 9.88. The van der Waals surface area contributed by atoms with Crippen molar-refractivity contribution in [2.75, 3.05) is 5.32 Å². The van der Waals surface area contributed by atoms with E-state index >= 15 is 0 Å². The highest BCUT2D eigenvalue weighted by Gasteiger charge is 2.35. The minimum atomic E-state index is -1.92. The third kappa shape index (κ3) is 6.89. The first-order valence-electron chi connectivity index (χ1n) is 7.51. The van der Waals surface area contributed by atoms with E-state index in [-0.39, 0.29) is 10.8 Å². The molecule has 2 aromatic rings. The maximum Gasteiger partial charge on any atom is 0.271 e. The molecule has 0 radical (unpaired) electrons. The summed E-state index contributed by atoms with van der Waals surface area (Å²) in [4.78, 5) is 22.8. The lowest BCUT2D eigenvalue weighted by Crippen LogP contribution is -2.56. The molecule has 0 aliphatic rings. The fourth-order valence-electron chi connectivity index (χ4n) is 2.04. The molecular weight excluding hydrogens is 562 g/mol. The highest BCUT2D eigenvalue weighted by atomic mass is 127. The van der Waals surface area contributed by atoms with Crippen molar-refractivity contribution in [2.24, 2.45) is 0 Å². The van der Waals surface area contributed by atoms with Crippen molar-refractivity contribution in [3.8, 4) is 0 Å². The van der Waals surface area contributed by atoms with Gasteiger partial charge in [0.1, 0.15) is 6.17 Å². The molecule has 0 aromatic heterocycles. The van der Waals surface area contributed by atoms with Crippen LogP contribution >= 0.6 is 69.6 Å². The molecule has 0 unspecified atom stereocenters. The van der Waals surface area contributed by atoms with Crippen LogP contribution in [0.4, 0.5) is 11.4 Å². The molecule has 0 spiro atoms. The van der Waals surface area contributed by atoms with E-state index in [1.54, 1.807) is 24.3 Å². The predicted molar refractivity (Wildman–Crippen MR) is 123 cm³/mol. The Morgan fingerprint density at radius 2 is 1.82 bits per heavy atom. The number of carbonyl (C=O) groups excluding carboxylic acids is 1. The van der Waals surface area contributed by atoms with Crippen molar-refractivity contribution < 1.29 is 9.72 Å². The normalized spacial score (nSPS) is 12.0. The average Bonchev–Trinajstić information content (AvgIpc) is 2.60. The van der Waals surface area contributed by atoms with Crippen LogP contribution in [0, 0.1) is 13.7 Å². The van der Waals surface area contributed by atoms with Gasteiger partial charge >= 0.3 is 0 Å². The molecule has 12 heteroatoms. The van der Waals surface area contributed by atoms with Crippen LogP contribution in [0.5, 0.6) is 0 Å². The number of non-ortho nitro benzene ring substituents is 1. The number of hydrogen-bond acceptors (Lipinski definition) is 4. The van der Waals surface area contributed by atoms with E-state index in [2.05, 4.69) is 38.5 Å². The molecule has 148 valence electrons. The van der Waals surface area contributed by atoms with Gasteiger partial charge in [-0.05, 0) is 59.1 Å². The number of nitrogens with one attached hydrogen (secondary N) is 3. The number of carbonyl (C=O) groups is 1. The number of alkyl halides is 3. The first kappa shape index (κ1) is 22.9. The molecule has 7 nitrogen and oxygen atoms in total. The summed E-state index contributed by atoms with van der Waals surface area (Å²) >= 11 is 25.1. The second-order valence-electron chi connectivity index (χ2n) is 5.36. The maximum absolute atomic E-state index is 12.4. The molecule has 0 saturated carbocycles. The minimum Gasteiger partial charge on any atom is -0.339 e. The number of hydrogen-bond donors (Lipinski definition) is 3. The molecule has 0 heterocycles. The first-order chi connectivity index (χ1) is 13.1. The third-order valence-corrected chi connectivity index (χ3v) is 4.83. The molecule has 1 amide bonds. The molecule has 1 atom stereocenters. The van der Waals surface area contributed by atoms with Crippen molar-refractivity contribution in [1.29, 1.82) is 0 Å². The molecule has 0 bridgehead atoms. The van der Waals surface area contributed by atoms with Gasteiger partial charge in [-0.15, -0.1) is 0 Å². The molecule has 28 heavy (non-hydrogen) atoms.